The van der Waals surface area contributed by atoms with Gasteiger partial charge in [0.1, 0.15) is 24.9 Å². The Hall–Kier alpha value is -2.66. The van der Waals surface area contributed by atoms with E-state index in [1.165, 1.54) is 10.9 Å². The largest absolute Gasteiger partial charge is 0.387 e. The van der Waals surface area contributed by atoms with Crippen LogP contribution >= 0.6 is 0 Å². The lowest BCUT2D eigenvalue weighted by Crippen LogP contribution is -2.30. The topological polar surface area (TPSA) is 125 Å². The zero-order valence-corrected chi connectivity index (χ0v) is 17.3. The van der Waals surface area contributed by atoms with Gasteiger partial charge in [0.05, 0.1) is 6.33 Å². The molecule has 1 radical (unpaired) electrons. The van der Waals surface area contributed by atoms with Crippen LogP contribution in [0.15, 0.2) is 36.7 Å². The molecular formula is C22H25FN5O4. The van der Waals surface area contributed by atoms with E-state index >= 15 is 0 Å². The van der Waals surface area contributed by atoms with Crippen molar-refractivity contribution in [3.8, 4) is 0 Å². The number of aliphatic hydroxyl groups excluding tert-OH is 2. The van der Waals surface area contributed by atoms with Gasteiger partial charge in [-0.2, -0.15) is 0 Å². The average Bonchev–Trinajstić information content (AvgIpc) is 3.54. The summed E-state index contributed by atoms with van der Waals surface area (Å²) in [7, 11) is 0. The second-order valence-corrected chi connectivity index (χ2v) is 8.36. The van der Waals surface area contributed by atoms with Crippen LogP contribution in [0, 0.1) is 0 Å². The Morgan fingerprint density at radius 1 is 1.22 bits per heavy atom. The van der Waals surface area contributed by atoms with Crippen molar-refractivity contribution in [2.45, 2.75) is 62.4 Å². The maximum Gasteiger partial charge on any atom is 0.173 e. The number of hydrogen-bond acceptors (Lipinski definition) is 7. The van der Waals surface area contributed by atoms with E-state index in [1.807, 2.05) is 18.2 Å². The van der Waals surface area contributed by atoms with E-state index < -0.39 is 37.3 Å². The molecule has 1 aromatic carbocycles. The summed E-state index contributed by atoms with van der Waals surface area (Å²) in [4.78, 5) is 13.4. The highest BCUT2D eigenvalue weighted by atomic mass is 19.1. The van der Waals surface area contributed by atoms with Crippen LogP contribution in [0.25, 0.3) is 11.2 Å². The molecule has 1 aliphatic heterocycles. The summed E-state index contributed by atoms with van der Waals surface area (Å²) < 4.78 is 21.6. The zero-order chi connectivity index (χ0) is 22.2. The highest BCUT2D eigenvalue weighted by Crippen LogP contribution is 2.35. The molecule has 3 aromatic rings. The smallest absolute Gasteiger partial charge is 0.173 e. The minimum absolute atomic E-state index is 0.139. The molecule has 1 unspecified atom stereocenters. The predicted molar refractivity (Wildman–Crippen MR) is 112 cm³/mol. The maximum atomic E-state index is 14.8. The van der Waals surface area contributed by atoms with Crippen molar-refractivity contribution in [2.75, 3.05) is 11.9 Å². The zero-order valence-electron chi connectivity index (χ0n) is 17.3. The molecule has 2 aromatic heterocycles. The van der Waals surface area contributed by atoms with Gasteiger partial charge in [0, 0.05) is 6.04 Å². The van der Waals surface area contributed by atoms with Gasteiger partial charge in [0.25, 0.3) is 0 Å². The Morgan fingerprint density at radius 3 is 2.66 bits per heavy atom. The SMILES string of the molecule is [O]C[C@H]1O[C@@H](n2cnc3c(NC4CCCC4)nc(C(O)c4ccccc4)nc32)[C@@H](F)[C@@H]1O. The third-order valence-corrected chi connectivity index (χ3v) is 6.23. The third-order valence-electron chi connectivity index (χ3n) is 6.23. The number of aliphatic hydroxyl groups is 2. The average molecular weight is 442 g/mol. The number of anilines is 1. The molecule has 9 nitrogen and oxygen atoms in total. The number of ether oxygens (including phenoxy) is 1. The predicted octanol–water partition coefficient (Wildman–Crippen LogP) is 2.29. The Kier molecular flexibility index (Phi) is 5.76. The molecule has 10 heteroatoms. The van der Waals surface area contributed by atoms with Crippen molar-refractivity contribution in [2.24, 2.45) is 0 Å². The third kappa shape index (κ3) is 3.73. The fourth-order valence-corrected chi connectivity index (χ4v) is 4.46. The molecular weight excluding hydrogens is 417 g/mol. The van der Waals surface area contributed by atoms with E-state index in [-0.39, 0.29) is 17.5 Å². The van der Waals surface area contributed by atoms with E-state index in [4.69, 9.17) is 4.74 Å². The number of imidazole rings is 1. The van der Waals surface area contributed by atoms with Gasteiger partial charge in [-0.3, -0.25) is 4.57 Å². The molecule has 32 heavy (non-hydrogen) atoms. The molecule has 5 atom stereocenters. The van der Waals surface area contributed by atoms with E-state index in [9.17, 15) is 19.7 Å². The fraction of sp³-hybridized carbons (Fsp3) is 0.500. The van der Waals surface area contributed by atoms with Crippen LogP contribution in [-0.2, 0) is 9.84 Å². The molecule has 3 N–H and O–H groups in total. The first-order chi connectivity index (χ1) is 15.6. The normalized spacial score (nSPS) is 27.2. The van der Waals surface area contributed by atoms with Gasteiger partial charge in [0.2, 0.25) is 0 Å². The van der Waals surface area contributed by atoms with Gasteiger partial charge in [0.15, 0.2) is 35.2 Å². The van der Waals surface area contributed by atoms with Crippen LogP contribution in [0.1, 0.15) is 49.4 Å². The first-order valence-corrected chi connectivity index (χ1v) is 10.9. The summed E-state index contributed by atoms with van der Waals surface area (Å²) in [6.45, 7) is -0.758. The highest BCUT2D eigenvalue weighted by Gasteiger charge is 2.46. The number of hydrogen-bond donors (Lipinski definition) is 3. The number of rotatable bonds is 6. The first-order valence-electron chi connectivity index (χ1n) is 10.9. The van der Waals surface area contributed by atoms with Crippen LogP contribution in [0.3, 0.4) is 0 Å². The van der Waals surface area contributed by atoms with Crippen molar-refractivity contribution in [1.82, 2.24) is 19.5 Å². The number of fused-ring (bicyclic) bond motifs is 1. The molecule has 0 amide bonds. The molecule has 2 fully saturated rings. The second-order valence-electron chi connectivity index (χ2n) is 8.36. The summed E-state index contributed by atoms with van der Waals surface area (Å²) in [5.74, 6) is 0.597. The molecule has 169 valence electrons. The Balaban J connectivity index is 1.59. The molecule has 1 saturated carbocycles. The number of benzene rings is 1. The van der Waals surface area contributed by atoms with Gasteiger partial charge in [-0.25, -0.2) is 24.4 Å². The lowest BCUT2D eigenvalue weighted by atomic mass is 10.1. The van der Waals surface area contributed by atoms with Crippen LogP contribution in [-0.4, -0.2) is 60.8 Å². The Morgan fingerprint density at radius 2 is 1.97 bits per heavy atom. The van der Waals surface area contributed by atoms with Gasteiger partial charge in [-0.1, -0.05) is 43.2 Å². The van der Waals surface area contributed by atoms with Crippen LogP contribution in [0.4, 0.5) is 10.2 Å². The number of nitrogens with one attached hydrogen (secondary N) is 1. The van der Waals surface area contributed by atoms with Gasteiger partial charge >= 0.3 is 0 Å². The van der Waals surface area contributed by atoms with Gasteiger partial charge in [-0.05, 0) is 18.4 Å². The van der Waals surface area contributed by atoms with Gasteiger partial charge in [-0.15, -0.1) is 0 Å². The Labute approximate surface area is 183 Å². The molecule has 1 aliphatic carbocycles. The van der Waals surface area contributed by atoms with E-state index in [0.29, 0.717) is 16.9 Å². The molecule has 5 rings (SSSR count). The van der Waals surface area contributed by atoms with Crippen molar-refractivity contribution in [3.05, 3.63) is 48.0 Å². The van der Waals surface area contributed by atoms with E-state index in [1.54, 1.807) is 12.1 Å². The quantitative estimate of drug-likeness (QED) is 0.535. The highest BCUT2D eigenvalue weighted by molar-refractivity contribution is 5.83. The standard InChI is InChI=1S/C22H25FN5O4/c23-15-18(31)14(10-29)32-22(15)28-11-24-16-19(25-13-8-4-5-9-13)26-20(27-21(16)28)17(30)12-6-2-1-3-7-12/h1-3,6-7,11,13-15,17-18,22,30-31H,4-5,8-10H2,(H,25,26,27)/t14-,15+,17?,18-,22-/m1/s1. The van der Waals surface area contributed by atoms with Crippen LogP contribution < -0.4 is 5.32 Å². The molecule has 0 bridgehead atoms. The number of aromatic nitrogens is 4. The number of nitrogens with zero attached hydrogens (tertiary/aromatic N) is 4. The molecule has 3 heterocycles. The summed E-state index contributed by atoms with van der Waals surface area (Å²) in [5, 5.41) is 35.6. The lowest BCUT2D eigenvalue weighted by molar-refractivity contribution is -0.0593. The minimum Gasteiger partial charge on any atom is -0.387 e. The summed E-state index contributed by atoms with van der Waals surface area (Å²) >= 11 is 0. The van der Waals surface area contributed by atoms with Gasteiger partial charge < -0.3 is 20.3 Å². The van der Waals surface area contributed by atoms with E-state index in [2.05, 4.69) is 20.3 Å². The molecule has 1 saturated heterocycles. The Bertz CT molecular complexity index is 1070. The lowest BCUT2D eigenvalue weighted by Gasteiger charge is -2.18. The van der Waals surface area contributed by atoms with Crippen molar-refractivity contribution < 1.29 is 24.4 Å². The summed E-state index contributed by atoms with van der Waals surface area (Å²) in [6, 6.07) is 9.23. The molecule has 2 aliphatic rings. The number of halogens is 1. The fourth-order valence-electron chi connectivity index (χ4n) is 4.46. The minimum atomic E-state index is -1.81. The van der Waals surface area contributed by atoms with Crippen molar-refractivity contribution >= 4 is 17.0 Å². The molecule has 0 spiro atoms. The van der Waals surface area contributed by atoms with Crippen LogP contribution in [0.5, 0.6) is 0 Å². The second kappa shape index (κ2) is 8.70. The monoisotopic (exact) mass is 442 g/mol. The summed E-state index contributed by atoms with van der Waals surface area (Å²) in [6.07, 6.45) is -1.23. The van der Waals surface area contributed by atoms with Crippen molar-refractivity contribution in [1.29, 1.82) is 0 Å². The maximum absolute atomic E-state index is 14.8. The van der Waals surface area contributed by atoms with E-state index in [0.717, 1.165) is 25.7 Å². The summed E-state index contributed by atoms with van der Waals surface area (Å²) in [5.41, 5.74) is 1.29. The number of alkyl halides is 1. The first kappa shape index (κ1) is 21.2. The van der Waals surface area contributed by atoms with Crippen molar-refractivity contribution in [3.63, 3.8) is 0 Å². The van der Waals surface area contributed by atoms with Crippen LogP contribution in [0.2, 0.25) is 0 Å².